The molecule has 0 aromatic heterocycles. The molecule has 0 saturated heterocycles. The Labute approximate surface area is 137 Å². The van der Waals surface area contributed by atoms with E-state index in [-0.39, 0.29) is 112 Å². The average molecular weight is 222 g/mol. The molecule has 0 bridgehead atoms. The minimum Gasteiger partial charge on any atom is -1.00 e. The first-order valence-corrected chi connectivity index (χ1v) is 2.68. The van der Waals surface area contributed by atoms with Crippen molar-refractivity contribution in [2.75, 3.05) is 0 Å². The molecule has 0 aromatic rings. The van der Waals surface area contributed by atoms with Crippen LogP contribution in [0.25, 0.3) is 0 Å². The molecule has 9 heavy (non-hydrogen) atoms. The molecule has 0 aliphatic heterocycles. The Morgan fingerprint density at radius 2 is 1.00 bits per heavy atom. The SMILES string of the molecule is O[Si](O)(O)O.[AlH3].[H-].[H-].[K+].[Na+].[SiH4]. The summed E-state index contributed by atoms with van der Waals surface area (Å²) in [5, 5.41) is 0. The standard InChI is InChI=1S/Al.K.Na.H4O4Si.H4Si.5H/c;;;1-5(2,3)4;;;;;;/h;;;1-4H;1H4;;;;;/q;2*+1;;;;;;2*-1. The van der Waals surface area contributed by atoms with Gasteiger partial charge in [0.2, 0.25) is 0 Å². The van der Waals surface area contributed by atoms with Gasteiger partial charge >= 0.3 is 90.0 Å². The summed E-state index contributed by atoms with van der Waals surface area (Å²) < 4.78 is 0. The Morgan fingerprint density at radius 1 is 1.00 bits per heavy atom. The van der Waals surface area contributed by atoms with Gasteiger partial charge in [-0.3, -0.25) is 0 Å². The van der Waals surface area contributed by atoms with E-state index in [4.69, 9.17) is 19.2 Å². The minimum absolute atomic E-state index is 0. The summed E-state index contributed by atoms with van der Waals surface area (Å²) in [6.45, 7) is 0. The monoisotopic (exact) mass is 222 g/mol. The molecule has 0 aromatic carbocycles. The maximum atomic E-state index is 7.33. The van der Waals surface area contributed by atoms with Gasteiger partial charge in [0.05, 0.1) is 0 Å². The van der Waals surface area contributed by atoms with Crippen molar-refractivity contribution in [3.05, 3.63) is 0 Å². The molecule has 0 rings (SSSR count). The maximum absolute atomic E-state index is 7.33. The molecule has 0 spiro atoms. The van der Waals surface area contributed by atoms with Crippen molar-refractivity contribution in [2.45, 2.75) is 0 Å². The first-order chi connectivity index (χ1) is 2.00. The maximum Gasteiger partial charge on any atom is 1.00 e. The second kappa shape index (κ2) is 14.0. The summed E-state index contributed by atoms with van der Waals surface area (Å²) in [6, 6.07) is 0. The van der Waals surface area contributed by atoms with Crippen molar-refractivity contribution in [3.63, 3.8) is 0 Å². The zero-order valence-electron chi connectivity index (χ0n) is 6.29. The van der Waals surface area contributed by atoms with Crippen LogP contribution in [0.2, 0.25) is 0 Å². The predicted molar refractivity (Wildman–Crippen MR) is 38.1 cm³/mol. The molecule has 0 amide bonds. The fourth-order valence-electron chi connectivity index (χ4n) is 0. The first kappa shape index (κ1) is 29.4. The molecule has 50 valence electrons. The summed E-state index contributed by atoms with van der Waals surface area (Å²) in [4.78, 5) is 29.3. The first-order valence-electron chi connectivity index (χ1n) is 0.894. The van der Waals surface area contributed by atoms with Crippen LogP contribution >= 0.6 is 0 Å². The second-order valence-electron chi connectivity index (χ2n) is 0.600. The van der Waals surface area contributed by atoms with E-state index in [1.165, 1.54) is 0 Å². The molecule has 0 atom stereocenters. The third kappa shape index (κ3) is 86.1. The van der Waals surface area contributed by atoms with Crippen molar-refractivity contribution < 1.29 is 103 Å². The van der Waals surface area contributed by atoms with E-state index in [9.17, 15) is 0 Å². The van der Waals surface area contributed by atoms with E-state index >= 15 is 0 Å². The van der Waals surface area contributed by atoms with Gasteiger partial charge in [-0.05, 0) is 11.0 Å². The van der Waals surface area contributed by atoms with Crippen LogP contribution in [0, 0.1) is 0 Å². The van der Waals surface area contributed by atoms with Gasteiger partial charge in [0.15, 0.2) is 17.4 Å². The van der Waals surface area contributed by atoms with Gasteiger partial charge in [-0.15, -0.1) is 0 Å². The summed E-state index contributed by atoms with van der Waals surface area (Å²) >= 11 is 0. The zero-order valence-corrected chi connectivity index (χ0v) is 10.4. The zero-order chi connectivity index (χ0) is 4.50. The van der Waals surface area contributed by atoms with Crippen LogP contribution < -0.4 is 80.9 Å². The van der Waals surface area contributed by atoms with Gasteiger partial charge in [-0.25, -0.2) is 0 Å². The van der Waals surface area contributed by atoms with Crippen LogP contribution in [-0.2, 0) is 0 Å². The summed E-state index contributed by atoms with van der Waals surface area (Å²) in [6.07, 6.45) is 0. The quantitative estimate of drug-likeness (QED) is 0.307. The topological polar surface area (TPSA) is 80.9 Å². The van der Waals surface area contributed by atoms with E-state index < -0.39 is 9.05 Å². The molecule has 9 heteroatoms. The van der Waals surface area contributed by atoms with Crippen molar-refractivity contribution in [1.82, 2.24) is 0 Å². The van der Waals surface area contributed by atoms with Crippen LogP contribution in [0.4, 0.5) is 0 Å². The molecule has 4 N–H and O–H groups in total. The van der Waals surface area contributed by atoms with E-state index in [1.54, 1.807) is 0 Å². The second-order valence-corrected chi connectivity index (χ2v) is 1.80. The van der Waals surface area contributed by atoms with Crippen LogP contribution in [0.1, 0.15) is 2.85 Å². The fraction of sp³-hybridized carbons (Fsp3) is 0. The molecular formula is H13AlKNaO4Si2. The van der Waals surface area contributed by atoms with E-state index in [0.717, 1.165) is 0 Å². The molecule has 4 nitrogen and oxygen atoms in total. The predicted octanol–water partition coefficient (Wildman–Crippen LogP) is -11.0. The number of hydrogen-bond donors (Lipinski definition) is 4. The summed E-state index contributed by atoms with van der Waals surface area (Å²) in [7, 11) is -4.61. The molecular weight excluding hydrogens is 209 g/mol. The van der Waals surface area contributed by atoms with Crippen molar-refractivity contribution in [1.29, 1.82) is 0 Å². The molecule has 0 unspecified atom stereocenters. The van der Waals surface area contributed by atoms with Gasteiger partial charge in [-0.1, -0.05) is 0 Å². The Bertz CT molecular complexity index is 41.6. The van der Waals surface area contributed by atoms with Gasteiger partial charge < -0.3 is 22.0 Å². The largest absolute Gasteiger partial charge is 1.00 e. The van der Waals surface area contributed by atoms with Gasteiger partial charge in [-0.2, -0.15) is 0 Å². The Kier molecular flexibility index (Phi) is 45.7. The molecule has 0 fully saturated rings. The molecule has 0 saturated carbocycles. The fourth-order valence-corrected chi connectivity index (χ4v) is 0. The molecule has 0 aliphatic rings. The average Bonchev–Trinajstić information content (AvgIpc) is 0.722. The van der Waals surface area contributed by atoms with Gasteiger partial charge in [0.1, 0.15) is 0 Å². The smallest absolute Gasteiger partial charge is 1.00 e. The van der Waals surface area contributed by atoms with Crippen LogP contribution in [0.5, 0.6) is 0 Å². The molecule has 0 radical (unpaired) electrons. The third-order valence-electron chi connectivity index (χ3n) is 0. The van der Waals surface area contributed by atoms with Crippen molar-refractivity contribution in [2.24, 2.45) is 0 Å². The van der Waals surface area contributed by atoms with E-state index in [0.29, 0.717) is 0 Å². The van der Waals surface area contributed by atoms with Crippen LogP contribution in [-0.4, -0.2) is 56.6 Å². The number of hydrogen-bond acceptors (Lipinski definition) is 4. The number of rotatable bonds is 0. The normalized spacial score (nSPS) is 6.67. The Morgan fingerprint density at radius 3 is 1.00 bits per heavy atom. The Balaban J connectivity index is -0.00000000533. The summed E-state index contributed by atoms with van der Waals surface area (Å²) in [5.41, 5.74) is 0. The molecule has 0 heterocycles. The Hall–Kier alpha value is 3.44. The van der Waals surface area contributed by atoms with E-state index in [2.05, 4.69) is 0 Å². The minimum atomic E-state index is -4.61. The van der Waals surface area contributed by atoms with Crippen molar-refractivity contribution >= 4 is 37.4 Å². The van der Waals surface area contributed by atoms with Crippen molar-refractivity contribution in [3.8, 4) is 0 Å². The van der Waals surface area contributed by atoms with Gasteiger partial charge in [0, 0.05) is 0 Å². The van der Waals surface area contributed by atoms with Gasteiger partial charge in [0.25, 0.3) is 0 Å². The van der Waals surface area contributed by atoms with Crippen LogP contribution in [0.15, 0.2) is 0 Å². The summed E-state index contributed by atoms with van der Waals surface area (Å²) in [5.74, 6) is 0. The third-order valence-corrected chi connectivity index (χ3v) is 0. The van der Waals surface area contributed by atoms with Crippen LogP contribution in [0.3, 0.4) is 0 Å². The molecule has 0 aliphatic carbocycles. The van der Waals surface area contributed by atoms with E-state index in [1.807, 2.05) is 0 Å².